The van der Waals surface area contributed by atoms with Gasteiger partial charge in [0, 0.05) is 60.1 Å². The molecule has 0 unspecified atom stereocenters. The fourth-order valence-corrected chi connectivity index (χ4v) is 5.57. The third-order valence-electron chi connectivity index (χ3n) is 6.81. The van der Waals surface area contributed by atoms with Gasteiger partial charge in [0.15, 0.2) is 0 Å². The topological polar surface area (TPSA) is 66.3 Å². The zero-order valence-electron chi connectivity index (χ0n) is 19.3. The van der Waals surface area contributed by atoms with E-state index in [0.717, 1.165) is 37.3 Å². The first-order valence-corrected chi connectivity index (χ1v) is 12.8. The van der Waals surface area contributed by atoms with E-state index in [2.05, 4.69) is 62.9 Å². The number of benzene rings is 1. The zero-order chi connectivity index (χ0) is 23.1. The predicted molar refractivity (Wildman–Crippen MR) is 139 cm³/mol. The molecule has 1 saturated heterocycles. The Labute approximate surface area is 202 Å². The molecule has 1 aliphatic heterocycles. The average Bonchev–Trinajstić information content (AvgIpc) is 3.60. The number of rotatable bonds is 6. The van der Waals surface area contributed by atoms with Gasteiger partial charge in [-0.3, -0.25) is 9.36 Å². The molecule has 1 aromatic carbocycles. The third-order valence-corrected chi connectivity index (χ3v) is 7.74. The van der Waals surface area contributed by atoms with Crippen molar-refractivity contribution in [1.29, 1.82) is 0 Å². The number of anilines is 3. The second-order valence-corrected chi connectivity index (χ2v) is 10.3. The molecule has 1 aliphatic carbocycles. The number of likely N-dealkylation sites (N-methyl/N-ethyl adjacent to an activating group) is 1. The van der Waals surface area contributed by atoms with Crippen LogP contribution >= 0.6 is 11.3 Å². The van der Waals surface area contributed by atoms with Crippen molar-refractivity contribution in [2.45, 2.75) is 25.3 Å². The van der Waals surface area contributed by atoms with Crippen LogP contribution in [0.15, 0.2) is 58.8 Å². The molecule has 0 bridgehead atoms. The summed E-state index contributed by atoms with van der Waals surface area (Å²) in [7, 11) is 2.17. The maximum absolute atomic E-state index is 12.8. The minimum Gasteiger partial charge on any atom is -0.369 e. The fraction of sp³-hybridized carbons (Fsp3) is 0.346. The van der Waals surface area contributed by atoms with Gasteiger partial charge in [0.05, 0.1) is 6.54 Å². The third kappa shape index (κ3) is 4.31. The molecule has 7 nitrogen and oxygen atoms in total. The van der Waals surface area contributed by atoms with Crippen molar-refractivity contribution in [3.8, 4) is 0 Å². The van der Waals surface area contributed by atoms with Crippen molar-refractivity contribution in [2.75, 3.05) is 43.4 Å². The van der Waals surface area contributed by atoms with E-state index in [9.17, 15) is 4.79 Å². The van der Waals surface area contributed by atoms with Crippen LogP contribution in [-0.2, 0) is 6.54 Å². The van der Waals surface area contributed by atoms with Crippen molar-refractivity contribution in [2.24, 2.45) is 0 Å². The fourth-order valence-electron chi connectivity index (χ4n) is 4.61. The van der Waals surface area contributed by atoms with Gasteiger partial charge < -0.3 is 15.1 Å². The van der Waals surface area contributed by atoms with E-state index >= 15 is 0 Å². The van der Waals surface area contributed by atoms with Crippen molar-refractivity contribution < 1.29 is 0 Å². The van der Waals surface area contributed by atoms with E-state index in [1.54, 1.807) is 34.2 Å². The molecular formula is C26H28N6OS. The number of aromatic nitrogens is 3. The molecule has 6 rings (SSSR count). The lowest BCUT2D eigenvalue weighted by molar-refractivity contribution is 0.313. The molecular weight excluding hydrogens is 444 g/mol. The van der Waals surface area contributed by atoms with Crippen molar-refractivity contribution in [3.05, 3.63) is 74.8 Å². The Morgan fingerprint density at radius 3 is 2.59 bits per heavy atom. The molecule has 0 amide bonds. The van der Waals surface area contributed by atoms with Gasteiger partial charge in [-0.05, 0) is 73.1 Å². The highest BCUT2D eigenvalue weighted by Gasteiger charge is 2.27. The molecule has 0 atom stereocenters. The first-order valence-electron chi connectivity index (χ1n) is 11.9. The Balaban J connectivity index is 1.25. The summed E-state index contributed by atoms with van der Waals surface area (Å²) in [5, 5.41) is 6.31. The number of hydrogen-bond acceptors (Lipinski definition) is 7. The molecule has 4 aromatic rings. The first-order chi connectivity index (χ1) is 16.6. The highest BCUT2D eigenvalue weighted by molar-refractivity contribution is 7.10. The molecule has 2 fully saturated rings. The van der Waals surface area contributed by atoms with Gasteiger partial charge in [0.25, 0.3) is 5.56 Å². The summed E-state index contributed by atoms with van der Waals surface area (Å²) < 4.78 is 1.77. The van der Waals surface area contributed by atoms with E-state index in [-0.39, 0.29) is 5.56 Å². The molecule has 8 heteroatoms. The van der Waals surface area contributed by atoms with Gasteiger partial charge in [-0.2, -0.15) is 4.98 Å². The lowest BCUT2D eigenvalue weighted by Crippen LogP contribution is -2.44. The first kappa shape index (κ1) is 21.3. The Morgan fingerprint density at radius 2 is 1.82 bits per heavy atom. The maximum atomic E-state index is 12.8. The van der Waals surface area contributed by atoms with Crippen LogP contribution in [-0.4, -0.2) is 52.7 Å². The number of fused-ring (bicyclic) bond motifs is 1. The smallest absolute Gasteiger partial charge is 0.252 e. The minimum absolute atomic E-state index is 0.0381. The Bertz CT molecular complexity index is 1370. The largest absolute Gasteiger partial charge is 0.369 e. The van der Waals surface area contributed by atoms with Gasteiger partial charge in [-0.25, -0.2) is 4.98 Å². The second-order valence-electron chi connectivity index (χ2n) is 9.27. The van der Waals surface area contributed by atoms with Crippen LogP contribution < -0.4 is 15.8 Å². The normalized spacial score (nSPS) is 16.8. The lowest BCUT2D eigenvalue weighted by Gasteiger charge is -2.34. The lowest BCUT2D eigenvalue weighted by atomic mass is 10.1. The average molecular weight is 473 g/mol. The quantitative estimate of drug-likeness (QED) is 0.452. The van der Waals surface area contributed by atoms with Crippen LogP contribution in [0.1, 0.15) is 29.2 Å². The number of nitrogens with one attached hydrogen (secondary N) is 1. The van der Waals surface area contributed by atoms with E-state index in [0.29, 0.717) is 24.1 Å². The summed E-state index contributed by atoms with van der Waals surface area (Å²) in [6, 6.07) is 14.0. The molecule has 0 radical (unpaired) electrons. The van der Waals surface area contributed by atoms with Crippen LogP contribution in [0, 0.1) is 0 Å². The molecule has 3 aromatic heterocycles. The second kappa shape index (κ2) is 8.85. The van der Waals surface area contributed by atoms with Crippen LogP contribution in [0.25, 0.3) is 11.0 Å². The van der Waals surface area contributed by atoms with Crippen molar-refractivity contribution in [1.82, 2.24) is 19.4 Å². The van der Waals surface area contributed by atoms with Crippen LogP contribution in [0.3, 0.4) is 0 Å². The summed E-state index contributed by atoms with van der Waals surface area (Å²) in [4.78, 5) is 28.1. The van der Waals surface area contributed by atoms with E-state index in [1.807, 2.05) is 0 Å². The summed E-state index contributed by atoms with van der Waals surface area (Å²) in [6.07, 6.45) is 4.28. The Morgan fingerprint density at radius 1 is 1.03 bits per heavy atom. The summed E-state index contributed by atoms with van der Waals surface area (Å²) >= 11 is 1.72. The van der Waals surface area contributed by atoms with Crippen molar-refractivity contribution >= 4 is 39.7 Å². The van der Waals surface area contributed by atoms with E-state index in [1.165, 1.54) is 29.0 Å². The molecule has 174 valence electrons. The monoisotopic (exact) mass is 472 g/mol. The van der Waals surface area contributed by atoms with Crippen LogP contribution in [0.2, 0.25) is 0 Å². The standard InChI is InChI=1S/C26H28N6OS/c1-30-11-13-31(14-12-30)21-7-5-20(6-8-21)28-26-27-16-19-4-9-24(33)32(25(19)29-26)17-23-22(10-15-34-23)18-2-3-18/h4-10,15-16,18H,2-3,11-14,17H2,1H3,(H,27,28,29). The SMILES string of the molecule is CN1CCN(c2ccc(Nc3ncc4ccc(=O)n(Cc5sccc5C5CC5)c4n3)cc2)CC1. The Kier molecular flexibility index (Phi) is 5.55. The Hall–Kier alpha value is -3.23. The van der Waals surface area contributed by atoms with Crippen LogP contribution in [0.4, 0.5) is 17.3 Å². The summed E-state index contributed by atoms with van der Waals surface area (Å²) in [6.45, 7) is 4.80. The number of hydrogen-bond donors (Lipinski definition) is 1. The van der Waals surface area contributed by atoms with Gasteiger partial charge in [0.1, 0.15) is 5.65 Å². The number of nitrogens with zero attached hydrogens (tertiary/aromatic N) is 5. The molecule has 2 aliphatic rings. The molecule has 1 N–H and O–H groups in total. The van der Waals surface area contributed by atoms with E-state index < -0.39 is 0 Å². The van der Waals surface area contributed by atoms with Gasteiger partial charge in [-0.1, -0.05) is 0 Å². The zero-order valence-corrected chi connectivity index (χ0v) is 20.1. The highest BCUT2D eigenvalue weighted by Crippen LogP contribution is 2.43. The predicted octanol–water partition coefficient (Wildman–Crippen LogP) is 4.27. The number of piperazine rings is 1. The molecule has 0 spiro atoms. The minimum atomic E-state index is -0.0381. The summed E-state index contributed by atoms with van der Waals surface area (Å²) in [5.74, 6) is 1.15. The van der Waals surface area contributed by atoms with Gasteiger partial charge in [-0.15, -0.1) is 11.3 Å². The number of thiophene rings is 1. The highest BCUT2D eigenvalue weighted by atomic mass is 32.1. The maximum Gasteiger partial charge on any atom is 0.252 e. The molecule has 1 saturated carbocycles. The van der Waals surface area contributed by atoms with Gasteiger partial charge >= 0.3 is 0 Å². The number of pyridine rings is 1. The van der Waals surface area contributed by atoms with Gasteiger partial charge in [0.2, 0.25) is 5.95 Å². The van der Waals surface area contributed by atoms with E-state index in [4.69, 9.17) is 4.98 Å². The summed E-state index contributed by atoms with van der Waals surface area (Å²) in [5.41, 5.74) is 4.17. The molecule has 4 heterocycles. The molecule has 34 heavy (non-hydrogen) atoms. The van der Waals surface area contributed by atoms with Crippen LogP contribution in [0.5, 0.6) is 0 Å². The van der Waals surface area contributed by atoms with Crippen molar-refractivity contribution in [3.63, 3.8) is 0 Å².